The standard InChI is InChI=1S/C43H52O8/c1-5-6-7-11-14-42(47)51-32-23-34-33-25-41(49-4)37(45)20-29(33)15-16-35(34)43(18-17-28-12-9-8-10-13-28)26-31-21-38(46)40(48-3)22-30(31)19-36(43)39(24-32)50-27(2)44/h8-10,12-13,17-18,20-22,25,32,34-36,39,45-46H,5-7,11,14-16,19,23-24,26H2,1-4H3/b18-17+/t32-,34-,35-,36+,39+,43+/m0/s1. The number of aryl methyl sites for hydroxylation is 1. The van der Waals surface area contributed by atoms with Gasteiger partial charge in [-0.25, -0.2) is 0 Å². The van der Waals surface area contributed by atoms with E-state index in [-0.39, 0.29) is 41.2 Å². The molecule has 1 fully saturated rings. The molecule has 3 aromatic rings. The van der Waals surface area contributed by atoms with Crippen molar-refractivity contribution in [1.29, 1.82) is 0 Å². The lowest BCUT2D eigenvalue weighted by atomic mass is 9.49. The van der Waals surface area contributed by atoms with Gasteiger partial charge in [-0.2, -0.15) is 0 Å². The molecular formula is C43H52O8. The Morgan fingerprint density at radius 3 is 2.29 bits per heavy atom. The van der Waals surface area contributed by atoms with Gasteiger partial charge in [0.1, 0.15) is 12.2 Å². The molecule has 0 aromatic heterocycles. The first-order valence-electron chi connectivity index (χ1n) is 18.5. The number of phenols is 2. The van der Waals surface area contributed by atoms with E-state index in [1.807, 2.05) is 42.5 Å². The first-order valence-corrected chi connectivity index (χ1v) is 18.5. The molecule has 0 saturated heterocycles. The fourth-order valence-corrected chi connectivity index (χ4v) is 9.26. The van der Waals surface area contributed by atoms with Crippen molar-refractivity contribution in [3.05, 3.63) is 88.5 Å². The van der Waals surface area contributed by atoms with Gasteiger partial charge < -0.3 is 29.2 Å². The van der Waals surface area contributed by atoms with Crippen LogP contribution in [0.15, 0.2) is 60.7 Å². The van der Waals surface area contributed by atoms with Gasteiger partial charge in [-0.05, 0) is 102 Å². The summed E-state index contributed by atoms with van der Waals surface area (Å²) in [4.78, 5) is 26.3. The largest absolute Gasteiger partial charge is 0.504 e. The third-order valence-corrected chi connectivity index (χ3v) is 11.6. The summed E-state index contributed by atoms with van der Waals surface area (Å²) < 4.78 is 23.8. The molecule has 3 aliphatic rings. The third kappa shape index (κ3) is 7.75. The van der Waals surface area contributed by atoms with Crippen molar-refractivity contribution in [1.82, 2.24) is 0 Å². The Hall–Kier alpha value is -4.46. The van der Waals surface area contributed by atoms with Crippen LogP contribution < -0.4 is 9.47 Å². The Bertz CT molecular complexity index is 1730. The maximum Gasteiger partial charge on any atom is 0.306 e. The molecule has 8 nitrogen and oxygen atoms in total. The Morgan fingerprint density at radius 1 is 0.863 bits per heavy atom. The van der Waals surface area contributed by atoms with Gasteiger partial charge in [-0.1, -0.05) is 68.7 Å². The maximum absolute atomic E-state index is 13.4. The van der Waals surface area contributed by atoms with E-state index in [1.54, 1.807) is 14.2 Å². The summed E-state index contributed by atoms with van der Waals surface area (Å²) in [6, 6.07) is 17.7. The molecule has 0 heterocycles. The fourth-order valence-electron chi connectivity index (χ4n) is 9.26. The average Bonchev–Trinajstić information content (AvgIpc) is 3.11. The quantitative estimate of drug-likeness (QED) is 0.152. The second-order valence-electron chi connectivity index (χ2n) is 14.7. The van der Waals surface area contributed by atoms with Gasteiger partial charge in [0, 0.05) is 31.1 Å². The molecule has 8 heteroatoms. The number of ether oxygens (including phenoxy) is 4. The van der Waals surface area contributed by atoms with Crippen LogP contribution in [-0.2, 0) is 38.3 Å². The van der Waals surface area contributed by atoms with Gasteiger partial charge in [-0.3, -0.25) is 9.59 Å². The minimum Gasteiger partial charge on any atom is -0.504 e. The lowest BCUT2D eigenvalue weighted by Crippen LogP contribution is -2.54. The molecule has 0 aliphatic heterocycles. The van der Waals surface area contributed by atoms with E-state index < -0.39 is 17.6 Å². The first-order chi connectivity index (χ1) is 24.6. The van der Waals surface area contributed by atoms with E-state index in [9.17, 15) is 19.8 Å². The van der Waals surface area contributed by atoms with Crippen LogP contribution in [0.1, 0.15) is 98.9 Å². The minimum absolute atomic E-state index is 0.0331. The molecule has 272 valence electrons. The van der Waals surface area contributed by atoms with Gasteiger partial charge in [0.25, 0.3) is 0 Å². The van der Waals surface area contributed by atoms with Crippen molar-refractivity contribution < 1.29 is 38.7 Å². The summed E-state index contributed by atoms with van der Waals surface area (Å²) >= 11 is 0. The van der Waals surface area contributed by atoms with Crippen LogP contribution in [0.4, 0.5) is 0 Å². The number of benzene rings is 3. The molecule has 0 amide bonds. The topological polar surface area (TPSA) is 112 Å². The highest BCUT2D eigenvalue weighted by molar-refractivity contribution is 5.69. The normalized spacial score (nSPS) is 25.3. The number of unbranched alkanes of at least 4 members (excludes halogenated alkanes) is 3. The second-order valence-corrected chi connectivity index (χ2v) is 14.7. The molecule has 0 spiro atoms. The number of methoxy groups -OCH3 is 2. The number of carbonyl (C=O) groups excluding carboxylic acids is 2. The number of hydrogen-bond acceptors (Lipinski definition) is 8. The second kappa shape index (κ2) is 15.8. The van der Waals surface area contributed by atoms with Gasteiger partial charge >= 0.3 is 11.9 Å². The van der Waals surface area contributed by atoms with Crippen molar-refractivity contribution in [3.8, 4) is 23.0 Å². The van der Waals surface area contributed by atoms with Crippen molar-refractivity contribution in [2.24, 2.45) is 17.3 Å². The molecule has 0 unspecified atom stereocenters. The summed E-state index contributed by atoms with van der Waals surface area (Å²) in [6.45, 7) is 3.60. The van der Waals surface area contributed by atoms with Crippen LogP contribution in [0.25, 0.3) is 6.08 Å². The monoisotopic (exact) mass is 696 g/mol. The highest BCUT2D eigenvalue weighted by atomic mass is 16.6. The third-order valence-electron chi connectivity index (χ3n) is 11.6. The molecule has 3 aliphatic carbocycles. The zero-order valence-electron chi connectivity index (χ0n) is 30.4. The predicted octanol–water partition coefficient (Wildman–Crippen LogP) is 8.48. The number of aromatic hydroxyl groups is 2. The molecule has 2 N–H and O–H groups in total. The number of rotatable bonds is 11. The number of carbonyl (C=O) groups is 2. The van der Waals surface area contributed by atoms with Crippen LogP contribution in [0.2, 0.25) is 0 Å². The summed E-state index contributed by atoms with van der Waals surface area (Å²) in [5, 5.41) is 21.8. The van der Waals surface area contributed by atoms with E-state index >= 15 is 0 Å². The van der Waals surface area contributed by atoms with Crippen molar-refractivity contribution in [2.45, 2.75) is 103 Å². The van der Waals surface area contributed by atoms with E-state index in [2.05, 4.69) is 31.2 Å². The van der Waals surface area contributed by atoms with Crippen molar-refractivity contribution in [2.75, 3.05) is 14.2 Å². The molecule has 6 atom stereocenters. The molecule has 0 radical (unpaired) electrons. The van der Waals surface area contributed by atoms with Crippen LogP contribution in [0.5, 0.6) is 23.0 Å². The van der Waals surface area contributed by atoms with Gasteiger partial charge in [0.2, 0.25) is 0 Å². The van der Waals surface area contributed by atoms with Gasteiger partial charge in [0.05, 0.1) is 14.2 Å². The molecule has 6 rings (SSSR count). The smallest absolute Gasteiger partial charge is 0.306 e. The molecule has 1 saturated carbocycles. The Morgan fingerprint density at radius 2 is 1.59 bits per heavy atom. The number of phenolic OH excluding ortho intramolecular Hbond substituents is 2. The molecular weight excluding hydrogens is 644 g/mol. The van der Waals surface area contributed by atoms with Crippen molar-refractivity contribution in [3.63, 3.8) is 0 Å². The zero-order valence-corrected chi connectivity index (χ0v) is 30.4. The SMILES string of the molecule is CCCCCCC(=O)O[C@@H]1C[C@@H](OC(C)=O)[C@H]2Cc3cc(OC)c(O)cc3C[C@]2(/C=C/c2ccccc2)[C@H]2CCc3cc(O)c(OC)cc3[C@@H]2C1. The Kier molecular flexibility index (Phi) is 11.3. The van der Waals surface area contributed by atoms with Gasteiger partial charge in [-0.15, -0.1) is 0 Å². The lowest BCUT2D eigenvalue weighted by Gasteiger charge is -2.56. The van der Waals surface area contributed by atoms with E-state index in [1.165, 1.54) is 6.92 Å². The van der Waals surface area contributed by atoms with Crippen LogP contribution in [0.3, 0.4) is 0 Å². The van der Waals surface area contributed by atoms with Crippen LogP contribution >= 0.6 is 0 Å². The number of fused-ring (bicyclic) bond motifs is 6. The number of allylic oxidation sites excluding steroid dienone is 1. The average molecular weight is 697 g/mol. The highest BCUT2D eigenvalue weighted by Crippen LogP contribution is 2.60. The minimum atomic E-state index is -0.537. The summed E-state index contributed by atoms with van der Waals surface area (Å²) in [5.41, 5.74) is 4.77. The molecule has 3 aromatic carbocycles. The van der Waals surface area contributed by atoms with E-state index in [0.717, 1.165) is 66.3 Å². The van der Waals surface area contributed by atoms with Crippen LogP contribution in [0, 0.1) is 17.3 Å². The zero-order chi connectivity index (χ0) is 36.1. The van der Waals surface area contributed by atoms with E-state index in [0.29, 0.717) is 43.6 Å². The predicted molar refractivity (Wildman–Crippen MR) is 196 cm³/mol. The Labute approximate surface area is 301 Å². The number of esters is 2. The summed E-state index contributed by atoms with van der Waals surface area (Å²) in [6.07, 6.45) is 11.4. The van der Waals surface area contributed by atoms with Crippen LogP contribution in [-0.4, -0.2) is 48.6 Å². The highest BCUT2D eigenvalue weighted by Gasteiger charge is 2.56. The first kappa shape index (κ1) is 36.3. The lowest BCUT2D eigenvalue weighted by molar-refractivity contribution is -0.164. The van der Waals surface area contributed by atoms with E-state index in [4.69, 9.17) is 18.9 Å². The fraction of sp³-hybridized carbons (Fsp3) is 0.488. The van der Waals surface area contributed by atoms with Gasteiger partial charge in [0.15, 0.2) is 23.0 Å². The number of hydrogen-bond donors (Lipinski definition) is 2. The molecule has 51 heavy (non-hydrogen) atoms. The summed E-state index contributed by atoms with van der Waals surface area (Å²) in [7, 11) is 3.11. The summed E-state index contributed by atoms with van der Waals surface area (Å²) in [5.74, 6) is 0.222. The Balaban J connectivity index is 1.53. The van der Waals surface area contributed by atoms with Crippen molar-refractivity contribution >= 4 is 18.0 Å². The maximum atomic E-state index is 13.4. The molecule has 0 bridgehead atoms.